The summed E-state index contributed by atoms with van der Waals surface area (Å²) in [7, 11) is 0. The number of aromatic carboxylic acids is 1. The lowest BCUT2D eigenvalue weighted by atomic mass is 10.4. The third-order valence-electron chi connectivity index (χ3n) is 1.50. The van der Waals surface area contributed by atoms with Gasteiger partial charge in [-0.25, -0.2) is 4.79 Å². The van der Waals surface area contributed by atoms with Crippen LogP contribution in [-0.2, 0) is 6.54 Å². The van der Waals surface area contributed by atoms with Crippen molar-refractivity contribution in [3.63, 3.8) is 0 Å². The number of carboxylic acids is 1. The van der Waals surface area contributed by atoms with Gasteiger partial charge in [-0.05, 0) is 0 Å². The Morgan fingerprint density at radius 3 is 2.64 bits per heavy atom. The molecule has 0 bridgehead atoms. The number of carboxylic acid groups (broad SMARTS) is 1. The Morgan fingerprint density at radius 1 is 1.57 bits per heavy atom. The van der Waals surface area contributed by atoms with Gasteiger partial charge in [0, 0.05) is 12.7 Å². The molecule has 1 rings (SSSR count). The Balaban J connectivity index is 2.56. The van der Waals surface area contributed by atoms with E-state index >= 15 is 0 Å². The van der Waals surface area contributed by atoms with E-state index < -0.39 is 18.6 Å². The molecule has 0 saturated carbocycles. The Hall–Kier alpha value is -1.53. The molecular formula is C7H7F3N2O2. The number of halogens is 3. The lowest BCUT2D eigenvalue weighted by Gasteiger charge is -2.05. The third kappa shape index (κ3) is 3.08. The molecule has 4 nitrogen and oxygen atoms in total. The van der Waals surface area contributed by atoms with Crippen molar-refractivity contribution in [1.82, 2.24) is 9.78 Å². The predicted molar refractivity (Wildman–Crippen MR) is 39.9 cm³/mol. The van der Waals surface area contributed by atoms with Gasteiger partial charge in [-0.3, -0.25) is 4.68 Å². The van der Waals surface area contributed by atoms with Crippen LogP contribution in [0.15, 0.2) is 12.4 Å². The molecule has 0 aliphatic rings. The molecular weight excluding hydrogens is 201 g/mol. The third-order valence-corrected chi connectivity index (χ3v) is 1.50. The lowest BCUT2D eigenvalue weighted by molar-refractivity contribution is -0.137. The number of nitrogens with zero attached hydrogens (tertiary/aromatic N) is 2. The smallest absolute Gasteiger partial charge is 0.390 e. The molecule has 0 saturated heterocycles. The molecule has 0 unspecified atom stereocenters. The van der Waals surface area contributed by atoms with Crippen LogP contribution in [0, 0.1) is 0 Å². The van der Waals surface area contributed by atoms with Gasteiger partial charge >= 0.3 is 12.1 Å². The van der Waals surface area contributed by atoms with Crippen LogP contribution < -0.4 is 0 Å². The molecule has 0 aliphatic carbocycles. The normalized spacial score (nSPS) is 11.6. The number of hydrogen-bond donors (Lipinski definition) is 1. The number of carbonyl (C=O) groups is 1. The topological polar surface area (TPSA) is 55.1 Å². The zero-order valence-electron chi connectivity index (χ0n) is 6.95. The fourth-order valence-corrected chi connectivity index (χ4v) is 0.838. The average Bonchev–Trinajstić information content (AvgIpc) is 2.47. The maximum Gasteiger partial charge on any atom is 0.390 e. The van der Waals surface area contributed by atoms with E-state index in [9.17, 15) is 18.0 Å². The highest BCUT2D eigenvalue weighted by Gasteiger charge is 2.26. The highest BCUT2D eigenvalue weighted by Crippen LogP contribution is 2.19. The van der Waals surface area contributed by atoms with Gasteiger partial charge in [0.05, 0.1) is 18.2 Å². The molecule has 0 radical (unpaired) electrons. The van der Waals surface area contributed by atoms with Gasteiger partial charge in [0.25, 0.3) is 0 Å². The van der Waals surface area contributed by atoms with Crippen LogP contribution in [-0.4, -0.2) is 27.0 Å². The van der Waals surface area contributed by atoms with Crippen LogP contribution in [0.1, 0.15) is 16.8 Å². The molecule has 7 heteroatoms. The van der Waals surface area contributed by atoms with Crippen LogP contribution in [0.2, 0.25) is 0 Å². The van der Waals surface area contributed by atoms with Gasteiger partial charge in [-0.2, -0.15) is 18.3 Å². The standard InChI is InChI=1S/C7H7F3N2O2/c8-7(9,10)1-2-12-4-5(3-11-12)6(13)14/h3-4H,1-2H2,(H,13,14). The minimum Gasteiger partial charge on any atom is -0.478 e. The zero-order valence-corrected chi connectivity index (χ0v) is 6.95. The van der Waals surface area contributed by atoms with Crippen molar-refractivity contribution in [3.8, 4) is 0 Å². The Bertz CT molecular complexity index is 332. The number of rotatable bonds is 3. The largest absolute Gasteiger partial charge is 0.478 e. The minimum absolute atomic E-state index is 0.118. The van der Waals surface area contributed by atoms with E-state index in [1.165, 1.54) is 0 Å². The molecule has 1 aromatic rings. The van der Waals surface area contributed by atoms with Crippen LogP contribution in [0.25, 0.3) is 0 Å². The van der Waals surface area contributed by atoms with Gasteiger partial charge in [0.15, 0.2) is 0 Å². The van der Waals surface area contributed by atoms with Crippen molar-refractivity contribution in [3.05, 3.63) is 18.0 Å². The van der Waals surface area contributed by atoms with Crippen molar-refractivity contribution in [2.24, 2.45) is 0 Å². The zero-order chi connectivity index (χ0) is 10.8. The maximum atomic E-state index is 11.7. The van der Waals surface area contributed by atoms with E-state index in [0.29, 0.717) is 0 Å². The second kappa shape index (κ2) is 3.69. The Labute approximate surface area is 77.0 Å². The van der Waals surface area contributed by atoms with Crippen molar-refractivity contribution >= 4 is 5.97 Å². The van der Waals surface area contributed by atoms with Crippen LogP contribution in [0.3, 0.4) is 0 Å². The second-order valence-corrected chi connectivity index (χ2v) is 2.66. The van der Waals surface area contributed by atoms with Gasteiger partial charge < -0.3 is 5.11 Å². The maximum absolute atomic E-state index is 11.7. The molecule has 0 aromatic carbocycles. The number of aryl methyl sites for hydroxylation is 1. The number of aromatic nitrogens is 2. The molecule has 1 N–H and O–H groups in total. The Kier molecular flexibility index (Phi) is 2.78. The lowest BCUT2D eigenvalue weighted by Crippen LogP contribution is -2.12. The monoisotopic (exact) mass is 208 g/mol. The van der Waals surface area contributed by atoms with E-state index in [2.05, 4.69) is 5.10 Å². The summed E-state index contributed by atoms with van der Waals surface area (Å²) in [6.45, 7) is -0.364. The first-order valence-electron chi connectivity index (χ1n) is 3.71. The summed E-state index contributed by atoms with van der Waals surface area (Å²) in [6, 6.07) is 0. The summed E-state index contributed by atoms with van der Waals surface area (Å²) >= 11 is 0. The fraction of sp³-hybridized carbons (Fsp3) is 0.429. The van der Waals surface area contributed by atoms with Gasteiger partial charge in [-0.15, -0.1) is 0 Å². The number of hydrogen-bond acceptors (Lipinski definition) is 2. The van der Waals surface area contributed by atoms with E-state index in [4.69, 9.17) is 5.11 Å². The molecule has 78 valence electrons. The summed E-state index contributed by atoms with van der Waals surface area (Å²) in [6.07, 6.45) is -3.20. The van der Waals surface area contributed by atoms with E-state index in [-0.39, 0.29) is 12.1 Å². The molecule has 0 spiro atoms. The number of alkyl halides is 3. The highest BCUT2D eigenvalue weighted by molar-refractivity contribution is 5.86. The molecule has 0 amide bonds. The molecule has 0 fully saturated rings. The molecule has 1 aromatic heterocycles. The summed E-state index contributed by atoms with van der Waals surface area (Å²) in [5, 5.41) is 11.9. The Morgan fingerprint density at radius 2 is 2.21 bits per heavy atom. The van der Waals surface area contributed by atoms with Crippen molar-refractivity contribution < 1.29 is 23.1 Å². The minimum atomic E-state index is -4.25. The van der Waals surface area contributed by atoms with E-state index in [0.717, 1.165) is 17.1 Å². The second-order valence-electron chi connectivity index (χ2n) is 2.66. The summed E-state index contributed by atoms with van der Waals surface area (Å²) < 4.78 is 36.2. The van der Waals surface area contributed by atoms with Crippen LogP contribution in [0.5, 0.6) is 0 Å². The van der Waals surface area contributed by atoms with Crippen LogP contribution >= 0.6 is 0 Å². The first kappa shape index (κ1) is 10.6. The van der Waals surface area contributed by atoms with Crippen molar-refractivity contribution in [1.29, 1.82) is 0 Å². The highest BCUT2D eigenvalue weighted by atomic mass is 19.4. The van der Waals surface area contributed by atoms with Gasteiger partial charge in [0.2, 0.25) is 0 Å². The molecule has 0 aliphatic heterocycles. The first-order valence-corrected chi connectivity index (χ1v) is 3.71. The predicted octanol–water partition coefficient (Wildman–Crippen LogP) is 1.53. The van der Waals surface area contributed by atoms with Gasteiger partial charge in [0.1, 0.15) is 0 Å². The summed E-state index contributed by atoms with van der Waals surface area (Å²) in [5.41, 5.74) is -0.118. The summed E-state index contributed by atoms with van der Waals surface area (Å²) in [5.74, 6) is -1.21. The quantitative estimate of drug-likeness (QED) is 0.819. The van der Waals surface area contributed by atoms with Crippen LogP contribution in [0.4, 0.5) is 13.2 Å². The van der Waals surface area contributed by atoms with E-state index in [1.807, 2.05) is 0 Å². The van der Waals surface area contributed by atoms with Crippen molar-refractivity contribution in [2.45, 2.75) is 19.1 Å². The molecule has 0 atom stereocenters. The molecule has 1 heterocycles. The van der Waals surface area contributed by atoms with E-state index in [1.54, 1.807) is 0 Å². The molecule has 14 heavy (non-hydrogen) atoms. The van der Waals surface area contributed by atoms with Gasteiger partial charge in [-0.1, -0.05) is 0 Å². The first-order chi connectivity index (χ1) is 6.38. The fourth-order valence-electron chi connectivity index (χ4n) is 0.838. The average molecular weight is 208 g/mol. The van der Waals surface area contributed by atoms with Crippen molar-refractivity contribution in [2.75, 3.05) is 0 Å². The SMILES string of the molecule is O=C(O)c1cnn(CCC(F)(F)F)c1. The summed E-state index contributed by atoms with van der Waals surface area (Å²) in [4.78, 5) is 10.3.